The molecule has 2 rings (SSSR count). The van der Waals surface area contributed by atoms with Gasteiger partial charge in [0.25, 0.3) is 0 Å². The first-order valence-corrected chi connectivity index (χ1v) is 9.01. The Morgan fingerprint density at radius 1 is 1.16 bits per heavy atom. The van der Waals surface area contributed by atoms with Crippen molar-refractivity contribution in [1.29, 1.82) is 0 Å². The fourth-order valence-corrected chi connectivity index (χ4v) is 3.65. The number of hydrogen-bond acceptors (Lipinski definition) is 5. The van der Waals surface area contributed by atoms with Crippen LogP contribution in [-0.4, -0.2) is 77.0 Å². The molecule has 0 aromatic carbocycles. The second-order valence-corrected chi connectivity index (χ2v) is 6.90. The predicted octanol–water partition coefficient (Wildman–Crippen LogP) is 1.46. The SMILES string of the molecule is COCCNCC(=O)NCC1(CN2CCOCC2)CCCCC1.Cl.Cl. The van der Waals surface area contributed by atoms with Crippen LogP contribution in [0.25, 0.3) is 0 Å². The van der Waals surface area contributed by atoms with Gasteiger partial charge in [0, 0.05) is 45.2 Å². The van der Waals surface area contributed by atoms with Crippen LogP contribution in [0.15, 0.2) is 0 Å². The smallest absolute Gasteiger partial charge is 0.233 e. The Balaban J connectivity index is 0.00000288. The average Bonchev–Trinajstić information content (AvgIpc) is 2.59. The van der Waals surface area contributed by atoms with Gasteiger partial charge in [-0.25, -0.2) is 0 Å². The van der Waals surface area contributed by atoms with Crippen molar-refractivity contribution in [2.75, 3.05) is 66.2 Å². The Labute approximate surface area is 164 Å². The van der Waals surface area contributed by atoms with E-state index in [-0.39, 0.29) is 36.1 Å². The van der Waals surface area contributed by atoms with Gasteiger partial charge in [-0.15, -0.1) is 24.8 Å². The molecule has 25 heavy (non-hydrogen) atoms. The van der Waals surface area contributed by atoms with E-state index < -0.39 is 0 Å². The topological polar surface area (TPSA) is 62.8 Å². The second-order valence-electron chi connectivity index (χ2n) is 6.90. The number of nitrogens with one attached hydrogen (secondary N) is 2. The standard InChI is InChI=1S/C17H33N3O3.2ClH/c1-22-10-7-18-13-16(21)19-14-17(5-3-2-4-6-17)15-20-8-11-23-12-9-20;;/h18H,2-15H2,1H3,(H,19,21);2*1H. The zero-order valence-electron chi connectivity index (χ0n) is 15.4. The number of nitrogens with zero attached hydrogens (tertiary/aromatic N) is 1. The minimum atomic E-state index is 0. The van der Waals surface area contributed by atoms with E-state index in [1.165, 1.54) is 32.1 Å². The van der Waals surface area contributed by atoms with Gasteiger partial charge in [-0.2, -0.15) is 0 Å². The first kappa shape index (κ1) is 24.9. The van der Waals surface area contributed by atoms with E-state index in [0.717, 1.165) is 39.4 Å². The molecule has 1 aliphatic heterocycles. The molecular formula is C17H35Cl2N3O3. The number of carbonyl (C=O) groups excluding carboxylic acids is 1. The number of amides is 1. The molecule has 1 heterocycles. The molecule has 2 fully saturated rings. The van der Waals surface area contributed by atoms with Crippen LogP contribution in [-0.2, 0) is 14.3 Å². The Morgan fingerprint density at radius 3 is 2.48 bits per heavy atom. The number of hydrogen-bond donors (Lipinski definition) is 2. The second kappa shape index (κ2) is 14.0. The van der Waals surface area contributed by atoms with E-state index in [1.807, 2.05) is 0 Å². The molecule has 1 amide bonds. The Kier molecular flexibility index (Phi) is 13.9. The maximum Gasteiger partial charge on any atom is 0.233 e. The maximum absolute atomic E-state index is 12.0. The molecule has 1 aliphatic carbocycles. The number of carbonyl (C=O) groups is 1. The average molecular weight is 400 g/mol. The lowest BCUT2D eigenvalue weighted by molar-refractivity contribution is -0.121. The molecule has 150 valence electrons. The molecule has 1 saturated heterocycles. The summed E-state index contributed by atoms with van der Waals surface area (Å²) in [6, 6.07) is 0. The van der Waals surface area contributed by atoms with Crippen molar-refractivity contribution in [3.8, 4) is 0 Å². The van der Waals surface area contributed by atoms with Crippen LogP contribution in [0.5, 0.6) is 0 Å². The summed E-state index contributed by atoms with van der Waals surface area (Å²) in [6.07, 6.45) is 6.35. The van der Waals surface area contributed by atoms with E-state index in [1.54, 1.807) is 7.11 Å². The van der Waals surface area contributed by atoms with Gasteiger partial charge in [-0.3, -0.25) is 9.69 Å². The molecule has 0 spiro atoms. The highest BCUT2D eigenvalue weighted by Gasteiger charge is 2.34. The normalized spacial score (nSPS) is 20.2. The fourth-order valence-electron chi connectivity index (χ4n) is 3.65. The third-order valence-corrected chi connectivity index (χ3v) is 5.01. The highest BCUT2D eigenvalue weighted by Crippen LogP contribution is 2.36. The van der Waals surface area contributed by atoms with E-state index in [2.05, 4.69) is 15.5 Å². The van der Waals surface area contributed by atoms with Crippen molar-refractivity contribution in [2.45, 2.75) is 32.1 Å². The van der Waals surface area contributed by atoms with Gasteiger partial charge in [0.1, 0.15) is 0 Å². The molecule has 8 heteroatoms. The fraction of sp³-hybridized carbons (Fsp3) is 0.941. The summed E-state index contributed by atoms with van der Waals surface area (Å²) in [4.78, 5) is 14.5. The first-order chi connectivity index (χ1) is 11.2. The lowest BCUT2D eigenvalue weighted by atomic mass is 9.73. The molecule has 0 radical (unpaired) electrons. The largest absolute Gasteiger partial charge is 0.383 e. The summed E-state index contributed by atoms with van der Waals surface area (Å²) >= 11 is 0. The van der Waals surface area contributed by atoms with E-state index in [4.69, 9.17) is 9.47 Å². The van der Waals surface area contributed by atoms with Gasteiger partial charge in [-0.1, -0.05) is 19.3 Å². The predicted molar refractivity (Wildman–Crippen MR) is 105 cm³/mol. The van der Waals surface area contributed by atoms with Gasteiger partial charge in [-0.05, 0) is 12.8 Å². The minimum absolute atomic E-state index is 0. The quantitative estimate of drug-likeness (QED) is 0.574. The zero-order chi connectivity index (χ0) is 16.4. The molecule has 2 aliphatic rings. The first-order valence-electron chi connectivity index (χ1n) is 9.01. The molecule has 0 atom stereocenters. The highest BCUT2D eigenvalue weighted by atomic mass is 35.5. The Bertz CT molecular complexity index is 350. The monoisotopic (exact) mass is 399 g/mol. The summed E-state index contributed by atoms with van der Waals surface area (Å²) in [5.74, 6) is 0.0908. The van der Waals surface area contributed by atoms with Crippen molar-refractivity contribution in [1.82, 2.24) is 15.5 Å². The number of halogens is 2. The van der Waals surface area contributed by atoms with Gasteiger partial charge in [0.2, 0.25) is 5.91 Å². The summed E-state index contributed by atoms with van der Waals surface area (Å²) in [7, 11) is 1.67. The molecule has 0 aromatic heterocycles. The molecular weight excluding hydrogens is 365 g/mol. The van der Waals surface area contributed by atoms with Crippen LogP contribution in [0.2, 0.25) is 0 Å². The van der Waals surface area contributed by atoms with Crippen molar-refractivity contribution >= 4 is 30.7 Å². The number of methoxy groups -OCH3 is 1. The number of rotatable bonds is 9. The van der Waals surface area contributed by atoms with Crippen molar-refractivity contribution in [3.63, 3.8) is 0 Å². The van der Waals surface area contributed by atoms with E-state index in [0.29, 0.717) is 19.7 Å². The zero-order valence-corrected chi connectivity index (χ0v) is 17.0. The number of morpholine rings is 1. The Morgan fingerprint density at radius 2 is 1.84 bits per heavy atom. The van der Waals surface area contributed by atoms with Crippen molar-refractivity contribution in [3.05, 3.63) is 0 Å². The summed E-state index contributed by atoms with van der Waals surface area (Å²) in [5.41, 5.74) is 0.248. The lowest BCUT2D eigenvalue weighted by Gasteiger charge is -2.42. The van der Waals surface area contributed by atoms with Gasteiger partial charge >= 0.3 is 0 Å². The number of ether oxygens (including phenoxy) is 2. The molecule has 0 unspecified atom stereocenters. The van der Waals surface area contributed by atoms with E-state index in [9.17, 15) is 4.79 Å². The molecule has 1 saturated carbocycles. The third kappa shape index (κ3) is 9.40. The highest BCUT2D eigenvalue weighted by molar-refractivity contribution is 5.85. The summed E-state index contributed by atoms with van der Waals surface area (Å²) in [6.45, 7) is 7.33. The van der Waals surface area contributed by atoms with Crippen LogP contribution in [0.3, 0.4) is 0 Å². The molecule has 0 bridgehead atoms. The van der Waals surface area contributed by atoms with Crippen LogP contribution in [0.4, 0.5) is 0 Å². The minimum Gasteiger partial charge on any atom is -0.383 e. The van der Waals surface area contributed by atoms with Gasteiger partial charge in [0.05, 0.1) is 26.4 Å². The Hall–Kier alpha value is -0.110. The molecule has 0 aromatic rings. The maximum atomic E-state index is 12.0. The van der Waals surface area contributed by atoms with Gasteiger partial charge < -0.3 is 20.1 Å². The summed E-state index contributed by atoms with van der Waals surface area (Å²) < 4.78 is 10.4. The summed E-state index contributed by atoms with van der Waals surface area (Å²) in [5, 5.41) is 6.26. The van der Waals surface area contributed by atoms with Crippen LogP contribution in [0.1, 0.15) is 32.1 Å². The van der Waals surface area contributed by atoms with Crippen LogP contribution < -0.4 is 10.6 Å². The third-order valence-electron chi connectivity index (χ3n) is 5.01. The van der Waals surface area contributed by atoms with Crippen LogP contribution >= 0.6 is 24.8 Å². The van der Waals surface area contributed by atoms with Crippen molar-refractivity contribution < 1.29 is 14.3 Å². The lowest BCUT2D eigenvalue weighted by Crippen LogP contribution is -2.50. The van der Waals surface area contributed by atoms with Crippen LogP contribution in [0, 0.1) is 5.41 Å². The molecule has 6 nitrogen and oxygen atoms in total. The van der Waals surface area contributed by atoms with E-state index >= 15 is 0 Å². The van der Waals surface area contributed by atoms with Crippen molar-refractivity contribution in [2.24, 2.45) is 5.41 Å². The molecule has 2 N–H and O–H groups in total. The van der Waals surface area contributed by atoms with Gasteiger partial charge in [0.15, 0.2) is 0 Å².